The number of halogens is 1. The molecule has 8 heteroatoms. The third-order valence-corrected chi connectivity index (χ3v) is 2.02. The highest BCUT2D eigenvalue weighted by molar-refractivity contribution is 5.85. The number of fused-ring (bicyclic) bond motifs is 1. The minimum Gasteiger partial charge on any atom is -0.394 e. The molecule has 2 heterocycles. The average molecular weight is 234 g/mol. The number of rotatable bonds is 1. The minimum atomic E-state index is -0.335. The van der Waals surface area contributed by atoms with E-state index in [1.54, 1.807) is 0 Å². The third kappa shape index (κ3) is 2.13. The molecule has 0 fully saturated rings. The van der Waals surface area contributed by atoms with Gasteiger partial charge in [0.05, 0.1) is 12.6 Å². The maximum Gasteiger partial charge on any atom is 0.277 e. The Kier molecular flexibility index (Phi) is 3.38. The largest absolute Gasteiger partial charge is 0.394 e. The van der Waals surface area contributed by atoms with Crippen LogP contribution in [0.3, 0.4) is 0 Å². The van der Waals surface area contributed by atoms with E-state index in [1.165, 1.54) is 0 Å². The maximum absolute atomic E-state index is 11.4. The molecule has 7 nitrogen and oxygen atoms in total. The fraction of sp³-hybridized carbons (Fsp3) is 0.429. The summed E-state index contributed by atoms with van der Waals surface area (Å²) in [6, 6.07) is -0.172. The highest BCUT2D eigenvalue weighted by Gasteiger charge is 2.20. The number of nitrogen functional groups attached to an aromatic ring is 1. The van der Waals surface area contributed by atoms with Crippen molar-refractivity contribution in [1.82, 2.24) is 9.97 Å². The average Bonchev–Trinajstić information content (AvgIpc) is 2.17. The predicted octanol–water partition coefficient (Wildman–Crippen LogP) is -1.03. The minimum absolute atomic E-state index is 0. The van der Waals surface area contributed by atoms with E-state index < -0.39 is 0 Å². The van der Waals surface area contributed by atoms with E-state index in [4.69, 9.17) is 10.8 Å². The van der Waals surface area contributed by atoms with Gasteiger partial charge in [0.2, 0.25) is 5.95 Å². The van der Waals surface area contributed by atoms with Crippen molar-refractivity contribution in [1.29, 1.82) is 0 Å². The summed E-state index contributed by atoms with van der Waals surface area (Å²) in [7, 11) is 0. The second kappa shape index (κ2) is 4.37. The SMILES string of the molecule is Cl.Nc1nc2c(c(=O)[nH]1)NC(CO)CN2. The van der Waals surface area contributed by atoms with Gasteiger partial charge in [0.15, 0.2) is 5.82 Å². The predicted molar refractivity (Wildman–Crippen MR) is 59.5 cm³/mol. The van der Waals surface area contributed by atoms with Crippen LogP contribution in [0.5, 0.6) is 0 Å². The van der Waals surface area contributed by atoms with E-state index in [0.717, 1.165) is 0 Å². The van der Waals surface area contributed by atoms with Crippen LogP contribution in [0.4, 0.5) is 17.5 Å². The van der Waals surface area contributed by atoms with Gasteiger partial charge in [0.1, 0.15) is 5.69 Å². The van der Waals surface area contributed by atoms with Gasteiger partial charge >= 0.3 is 0 Å². The number of anilines is 3. The standard InChI is InChI=1S/C7H11N5O2.ClH/c8-7-11-5-4(6(14)12-7)10-3(2-13)1-9-5;/h3,10,13H,1-2H2,(H4,8,9,11,12,14);1H. The molecule has 0 aliphatic carbocycles. The molecule has 0 saturated carbocycles. The van der Waals surface area contributed by atoms with Gasteiger partial charge in [0, 0.05) is 6.54 Å². The van der Waals surface area contributed by atoms with Crippen molar-refractivity contribution >= 4 is 29.9 Å². The van der Waals surface area contributed by atoms with Crippen LogP contribution in [-0.4, -0.2) is 34.3 Å². The number of aliphatic hydroxyl groups is 1. The van der Waals surface area contributed by atoms with Gasteiger partial charge in [0.25, 0.3) is 5.56 Å². The fourth-order valence-electron chi connectivity index (χ4n) is 1.34. The smallest absolute Gasteiger partial charge is 0.277 e. The summed E-state index contributed by atoms with van der Waals surface area (Å²) in [5, 5.41) is 14.7. The van der Waals surface area contributed by atoms with Crippen LogP contribution in [0.2, 0.25) is 0 Å². The molecule has 2 rings (SSSR count). The number of aliphatic hydroxyl groups excluding tert-OH is 1. The lowest BCUT2D eigenvalue weighted by atomic mass is 10.2. The third-order valence-electron chi connectivity index (χ3n) is 2.02. The molecule has 1 aliphatic rings. The van der Waals surface area contributed by atoms with Gasteiger partial charge in [-0.15, -0.1) is 12.4 Å². The van der Waals surface area contributed by atoms with Crippen LogP contribution in [0.25, 0.3) is 0 Å². The molecular formula is C7H12ClN5O2. The van der Waals surface area contributed by atoms with Crippen molar-refractivity contribution in [3.05, 3.63) is 10.4 Å². The topological polar surface area (TPSA) is 116 Å². The molecule has 0 spiro atoms. The van der Waals surface area contributed by atoms with Crippen LogP contribution < -0.4 is 21.9 Å². The van der Waals surface area contributed by atoms with Crippen molar-refractivity contribution < 1.29 is 5.11 Å². The Morgan fingerprint density at radius 2 is 2.33 bits per heavy atom. The number of H-pyrrole nitrogens is 1. The summed E-state index contributed by atoms with van der Waals surface area (Å²) in [4.78, 5) is 17.7. The lowest BCUT2D eigenvalue weighted by molar-refractivity contribution is 0.277. The van der Waals surface area contributed by atoms with Gasteiger partial charge in [-0.2, -0.15) is 4.98 Å². The van der Waals surface area contributed by atoms with Gasteiger partial charge in [-0.1, -0.05) is 0 Å². The summed E-state index contributed by atoms with van der Waals surface area (Å²) < 4.78 is 0. The van der Waals surface area contributed by atoms with E-state index in [2.05, 4.69) is 20.6 Å². The van der Waals surface area contributed by atoms with Crippen LogP contribution >= 0.6 is 12.4 Å². The first-order valence-electron chi connectivity index (χ1n) is 4.21. The van der Waals surface area contributed by atoms with Crippen molar-refractivity contribution in [2.45, 2.75) is 6.04 Å². The van der Waals surface area contributed by atoms with Crippen molar-refractivity contribution in [3.63, 3.8) is 0 Å². The molecule has 0 radical (unpaired) electrons. The zero-order valence-electron chi connectivity index (χ0n) is 7.78. The quantitative estimate of drug-likeness (QED) is 0.424. The Morgan fingerprint density at radius 1 is 1.60 bits per heavy atom. The number of aromatic amines is 1. The van der Waals surface area contributed by atoms with Gasteiger partial charge in [-0.3, -0.25) is 9.78 Å². The van der Waals surface area contributed by atoms with Crippen LogP contribution in [-0.2, 0) is 0 Å². The number of nitrogens with one attached hydrogen (secondary N) is 3. The van der Waals surface area contributed by atoms with Gasteiger partial charge in [-0.25, -0.2) is 0 Å². The number of nitrogens with zero attached hydrogens (tertiary/aromatic N) is 1. The number of nitrogens with two attached hydrogens (primary N) is 1. The lowest BCUT2D eigenvalue weighted by Crippen LogP contribution is -2.39. The summed E-state index contributed by atoms with van der Waals surface area (Å²) >= 11 is 0. The molecule has 1 aliphatic heterocycles. The second-order valence-corrected chi connectivity index (χ2v) is 3.08. The zero-order chi connectivity index (χ0) is 10.1. The van der Waals surface area contributed by atoms with E-state index in [9.17, 15) is 4.79 Å². The highest BCUT2D eigenvalue weighted by Crippen LogP contribution is 2.19. The zero-order valence-corrected chi connectivity index (χ0v) is 8.60. The van der Waals surface area contributed by atoms with E-state index >= 15 is 0 Å². The molecule has 1 aromatic rings. The Hall–Kier alpha value is -1.47. The molecule has 84 valence electrons. The Labute approximate surface area is 91.5 Å². The maximum atomic E-state index is 11.4. The monoisotopic (exact) mass is 233 g/mol. The summed E-state index contributed by atoms with van der Waals surface area (Å²) in [6.45, 7) is 0.468. The Balaban J connectivity index is 0.00000112. The van der Waals surface area contributed by atoms with Crippen LogP contribution in [0.15, 0.2) is 4.79 Å². The highest BCUT2D eigenvalue weighted by atomic mass is 35.5. The normalized spacial score (nSPS) is 18.1. The second-order valence-electron chi connectivity index (χ2n) is 3.08. The molecule has 1 atom stereocenters. The first-order valence-corrected chi connectivity index (χ1v) is 4.21. The van der Waals surface area contributed by atoms with E-state index in [1.807, 2.05) is 0 Å². The first-order chi connectivity index (χ1) is 6.70. The fourth-order valence-corrected chi connectivity index (χ4v) is 1.34. The summed E-state index contributed by atoms with van der Waals surface area (Å²) in [6.07, 6.45) is 0. The van der Waals surface area contributed by atoms with E-state index in [0.29, 0.717) is 18.1 Å². The van der Waals surface area contributed by atoms with E-state index in [-0.39, 0.29) is 36.6 Å². The Bertz CT molecular complexity index is 407. The Morgan fingerprint density at radius 3 is 3.00 bits per heavy atom. The molecule has 6 N–H and O–H groups in total. The lowest BCUT2D eigenvalue weighted by Gasteiger charge is -2.25. The number of hydrogen-bond donors (Lipinski definition) is 5. The summed E-state index contributed by atoms with van der Waals surface area (Å²) in [5.41, 5.74) is 5.35. The number of aromatic nitrogens is 2. The molecule has 0 saturated heterocycles. The van der Waals surface area contributed by atoms with Crippen LogP contribution in [0, 0.1) is 0 Å². The van der Waals surface area contributed by atoms with Crippen LogP contribution in [0.1, 0.15) is 0 Å². The molecule has 1 aromatic heterocycles. The van der Waals surface area contributed by atoms with Crippen molar-refractivity contribution in [2.24, 2.45) is 0 Å². The van der Waals surface area contributed by atoms with Gasteiger partial charge < -0.3 is 21.5 Å². The molecule has 0 amide bonds. The summed E-state index contributed by atoms with van der Waals surface area (Å²) in [5.74, 6) is 0.501. The molecule has 15 heavy (non-hydrogen) atoms. The first kappa shape index (κ1) is 11.6. The molecule has 0 bridgehead atoms. The molecule has 0 aromatic carbocycles. The van der Waals surface area contributed by atoms with Gasteiger partial charge in [-0.05, 0) is 0 Å². The van der Waals surface area contributed by atoms with Crippen molar-refractivity contribution in [2.75, 3.05) is 29.5 Å². The molecular weight excluding hydrogens is 222 g/mol. The van der Waals surface area contributed by atoms with Crippen molar-refractivity contribution in [3.8, 4) is 0 Å². The number of hydrogen-bond acceptors (Lipinski definition) is 6. The molecule has 1 unspecified atom stereocenters.